The van der Waals surface area contributed by atoms with E-state index in [0.29, 0.717) is 19.5 Å². The van der Waals surface area contributed by atoms with Gasteiger partial charge in [-0.25, -0.2) is 0 Å². The fourth-order valence-corrected chi connectivity index (χ4v) is 2.62. The van der Waals surface area contributed by atoms with E-state index in [1.807, 2.05) is 24.1 Å². The van der Waals surface area contributed by atoms with E-state index < -0.39 is 0 Å². The molecule has 5 heteroatoms. The van der Waals surface area contributed by atoms with Gasteiger partial charge in [-0.1, -0.05) is 0 Å². The third-order valence-electron chi connectivity index (χ3n) is 3.93. The van der Waals surface area contributed by atoms with Crippen LogP contribution in [0.25, 0.3) is 0 Å². The summed E-state index contributed by atoms with van der Waals surface area (Å²) in [6, 6.07) is 3.44. The number of carbonyl (C=O) groups is 1. The lowest BCUT2D eigenvalue weighted by atomic mass is 9.93. The van der Waals surface area contributed by atoms with Gasteiger partial charge in [0.05, 0.1) is 18.8 Å². The Morgan fingerprint density at radius 1 is 1.53 bits per heavy atom. The predicted molar refractivity (Wildman–Crippen MR) is 71.5 cm³/mol. The van der Waals surface area contributed by atoms with Gasteiger partial charge in [0.15, 0.2) is 0 Å². The van der Waals surface area contributed by atoms with Gasteiger partial charge in [0.25, 0.3) is 0 Å². The Balaban J connectivity index is 2.17. The van der Waals surface area contributed by atoms with Crippen LogP contribution in [0.2, 0.25) is 0 Å². The number of hydrogen-bond acceptors (Lipinski definition) is 4. The minimum atomic E-state index is -0.260. The lowest BCUT2D eigenvalue weighted by Gasteiger charge is -2.49. The fourth-order valence-electron chi connectivity index (χ4n) is 2.62. The molecule has 1 unspecified atom stereocenters. The van der Waals surface area contributed by atoms with Gasteiger partial charge in [-0.3, -0.25) is 9.69 Å². The molecule has 0 spiro atoms. The smallest absolute Gasteiger partial charge is 0.240 e. The molecule has 1 fully saturated rings. The normalized spacial score (nSPS) is 23.9. The molecule has 106 valence electrons. The van der Waals surface area contributed by atoms with Crippen molar-refractivity contribution < 1.29 is 14.3 Å². The van der Waals surface area contributed by atoms with Crippen molar-refractivity contribution >= 4 is 5.91 Å². The van der Waals surface area contributed by atoms with Crippen LogP contribution in [0.5, 0.6) is 0 Å². The van der Waals surface area contributed by atoms with Gasteiger partial charge in [0, 0.05) is 18.7 Å². The minimum Gasteiger partial charge on any atom is -0.467 e. The molecule has 5 nitrogen and oxygen atoms in total. The van der Waals surface area contributed by atoms with Crippen molar-refractivity contribution in [3.05, 3.63) is 24.2 Å². The molecule has 1 aliphatic heterocycles. The average Bonchev–Trinajstić information content (AvgIpc) is 2.84. The minimum absolute atomic E-state index is 0.0193. The Kier molecular flexibility index (Phi) is 3.96. The molecule has 2 rings (SSSR count). The van der Waals surface area contributed by atoms with Gasteiger partial charge in [-0.05, 0) is 39.4 Å². The van der Waals surface area contributed by atoms with Gasteiger partial charge in [-0.2, -0.15) is 0 Å². The first kappa shape index (κ1) is 14.1. The summed E-state index contributed by atoms with van der Waals surface area (Å²) in [6.07, 6.45) is 2.08. The Hall–Kier alpha value is -1.33. The molecular formula is C14H22N2O3. The molecule has 1 aromatic rings. The highest BCUT2D eigenvalue weighted by atomic mass is 16.3. The van der Waals surface area contributed by atoms with Crippen LogP contribution in [0.3, 0.4) is 0 Å². The fraction of sp³-hybridized carbons (Fsp3) is 0.643. The lowest BCUT2D eigenvalue weighted by Crippen LogP contribution is -2.65. The zero-order chi connectivity index (χ0) is 14.0. The second kappa shape index (κ2) is 5.35. The Bertz CT molecular complexity index is 428. The van der Waals surface area contributed by atoms with E-state index in [1.165, 1.54) is 0 Å². The average molecular weight is 266 g/mol. The van der Waals surface area contributed by atoms with Crippen molar-refractivity contribution in [1.82, 2.24) is 9.80 Å². The number of aliphatic hydroxyl groups excluding tert-OH is 1. The van der Waals surface area contributed by atoms with Crippen LogP contribution in [0.15, 0.2) is 22.8 Å². The Morgan fingerprint density at radius 2 is 2.26 bits per heavy atom. The van der Waals surface area contributed by atoms with Gasteiger partial charge in [0.2, 0.25) is 5.91 Å². The first-order valence-electron chi connectivity index (χ1n) is 6.60. The van der Waals surface area contributed by atoms with E-state index in [2.05, 4.69) is 18.7 Å². The molecular weight excluding hydrogens is 244 g/mol. The van der Waals surface area contributed by atoms with E-state index in [-0.39, 0.29) is 24.1 Å². The maximum atomic E-state index is 12.5. The number of amides is 1. The maximum Gasteiger partial charge on any atom is 0.240 e. The monoisotopic (exact) mass is 266 g/mol. The number of rotatable bonds is 4. The summed E-state index contributed by atoms with van der Waals surface area (Å²) < 4.78 is 5.32. The van der Waals surface area contributed by atoms with Crippen molar-refractivity contribution in [3.63, 3.8) is 0 Å². The summed E-state index contributed by atoms with van der Waals surface area (Å²) in [5.74, 6) is 0.851. The van der Waals surface area contributed by atoms with Gasteiger partial charge < -0.3 is 14.4 Å². The predicted octanol–water partition coefficient (Wildman–Crippen LogP) is 1.08. The van der Waals surface area contributed by atoms with Crippen LogP contribution < -0.4 is 0 Å². The zero-order valence-corrected chi connectivity index (χ0v) is 11.8. The molecule has 0 bridgehead atoms. The summed E-state index contributed by atoms with van der Waals surface area (Å²) in [7, 11) is 1.95. The van der Waals surface area contributed by atoms with Gasteiger partial charge in [0.1, 0.15) is 5.76 Å². The molecule has 19 heavy (non-hydrogen) atoms. The van der Waals surface area contributed by atoms with E-state index in [0.717, 1.165) is 5.76 Å². The SMILES string of the molecule is CN1C(CCO)C(=O)N(Cc2ccco2)CC1(C)C. The molecule has 0 saturated carbocycles. The largest absolute Gasteiger partial charge is 0.467 e. The molecule has 0 radical (unpaired) electrons. The number of furan rings is 1. The summed E-state index contributed by atoms with van der Waals surface area (Å²) in [5, 5.41) is 9.15. The molecule has 1 atom stereocenters. The van der Waals surface area contributed by atoms with Crippen LogP contribution in [-0.2, 0) is 11.3 Å². The van der Waals surface area contributed by atoms with Crippen molar-refractivity contribution in [3.8, 4) is 0 Å². The first-order chi connectivity index (χ1) is 8.95. The van der Waals surface area contributed by atoms with Crippen LogP contribution >= 0.6 is 0 Å². The van der Waals surface area contributed by atoms with Crippen LogP contribution in [0.4, 0.5) is 0 Å². The van der Waals surface area contributed by atoms with Crippen molar-refractivity contribution in [2.75, 3.05) is 20.2 Å². The van der Waals surface area contributed by atoms with Crippen LogP contribution in [0, 0.1) is 0 Å². The summed E-state index contributed by atoms with van der Waals surface area (Å²) in [6.45, 7) is 5.39. The molecule has 1 saturated heterocycles. The number of hydrogen-bond donors (Lipinski definition) is 1. The molecule has 0 aromatic carbocycles. The molecule has 1 amide bonds. The molecule has 2 heterocycles. The van der Waals surface area contributed by atoms with Gasteiger partial charge in [-0.15, -0.1) is 0 Å². The number of aliphatic hydroxyl groups is 1. The third-order valence-corrected chi connectivity index (χ3v) is 3.93. The standard InChI is InChI=1S/C14H22N2O3/c1-14(2)10-16(9-11-5-4-8-19-11)13(18)12(6-7-17)15(14)3/h4-5,8,12,17H,6-7,9-10H2,1-3H3. The van der Waals surface area contributed by atoms with Gasteiger partial charge >= 0.3 is 0 Å². The van der Waals surface area contributed by atoms with Crippen molar-refractivity contribution in [2.24, 2.45) is 0 Å². The summed E-state index contributed by atoms with van der Waals surface area (Å²) >= 11 is 0. The summed E-state index contributed by atoms with van der Waals surface area (Å²) in [5.41, 5.74) is -0.111. The second-order valence-electron chi connectivity index (χ2n) is 5.73. The molecule has 1 N–H and O–H groups in total. The maximum absolute atomic E-state index is 12.5. The highest BCUT2D eigenvalue weighted by Crippen LogP contribution is 2.27. The molecule has 1 aromatic heterocycles. The van der Waals surface area contributed by atoms with E-state index in [4.69, 9.17) is 9.52 Å². The number of carbonyl (C=O) groups excluding carboxylic acids is 1. The third kappa shape index (κ3) is 2.82. The second-order valence-corrected chi connectivity index (χ2v) is 5.73. The van der Waals surface area contributed by atoms with Crippen LogP contribution in [0.1, 0.15) is 26.0 Å². The molecule has 1 aliphatic rings. The summed E-state index contributed by atoms with van der Waals surface area (Å²) in [4.78, 5) is 16.3. The van der Waals surface area contributed by atoms with E-state index in [9.17, 15) is 4.79 Å². The highest BCUT2D eigenvalue weighted by molar-refractivity contribution is 5.83. The van der Waals surface area contributed by atoms with E-state index in [1.54, 1.807) is 6.26 Å². The Labute approximate surface area is 113 Å². The lowest BCUT2D eigenvalue weighted by molar-refractivity contribution is -0.150. The van der Waals surface area contributed by atoms with Crippen molar-refractivity contribution in [2.45, 2.75) is 38.4 Å². The topological polar surface area (TPSA) is 56.9 Å². The van der Waals surface area contributed by atoms with Crippen molar-refractivity contribution in [1.29, 1.82) is 0 Å². The zero-order valence-electron chi connectivity index (χ0n) is 11.8. The number of piperazine rings is 1. The number of nitrogens with zero attached hydrogens (tertiary/aromatic N) is 2. The highest BCUT2D eigenvalue weighted by Gasteiger charge is 2.42. The molecule has 0 aliphatic carbocycles. The number of likely N-dealkylation sites (N-methyl/N-ethyl adjacent to an activating group) is 1. The van der Waals surface area contributed by atoms with E-state index >= 15 is 0 Å². The Morgan fingerprint density at radius 3 is 2.84 bits per heavy atom. The van der Waals surface area contributed by atoms with Crippen LogP contribution in [-0.4, -0.2) is 52.6 Å². The quantitative estimate of drug-likeness (QED) is 0.886. The first-order valence-corrected chi connectivity index (χ1v) is 6.60.